The average molecular weight is 369 g/mol. The van der Waals surface area contributed by atoms with E-state index in [0.717, 1.165) is 16.3 Å². The Hall–Kier alpha value is -2.80. The van der Waals surface area contributed by atoms with Crippen molar-refractivity contribution in [3.8, 4) is 11.5 Å². The van der Waals surface area contributed by atoms with Gasteiger partial charge in [-0.15, -0.1) is 11.3 Å². The molecular formula is C19H19N3O3S. The lowest BCUT2D eigenvalue weighted by Crippen LogP contribution is -2.31. The maximum Gasteiger partial charge on any atom is 0.251 e. The highest BCUT2D eigenvalue weighted by molar-refractivity contribution is 7.10. The number of nitrogens with zero attached hydrogens (tertiary/aromatic N) is 2. The van der Waals surface area contributed by atoms with Crippen molar-refractivity contribution in [3.05, 3.63) is 63.6 Å². The van der Waals surface area contributed by atoms with Gasteiger partial charge in [0.05, 0.1) is 5.69 Å². The molecule has 26 heavy (non-hydrogen) atoms. The molecule has 1 N–H and O–H groups in total. The van der Waals surface area contributed by atoms with E-state index in [0.29, 0.717) is 23.6 Å². The fraction of sp³-hybridized carbons (Fsp3) is 0.263. The molecule has 2 aromatic heterocycles. The molecule has 3 heterocycles. The SMILES string of the molecule is Cc1cc(C)n([C@@H](CNC(=O)c2ccc3c(c2)OCO3)c2cccs2)n1. The molecular weight excluding hydrogens is 350 g/mol. The standard InChI is InChI=1S/C19H19N3O3S/c1-12-8-13(2)22(21-12)15(18-4-3-7-26-18)10-20-19(23)14-5-6-16-17(9-14)25-11-24-16/h3-9,15H,10-11H2,1-2H3,(H,20,23)/t15-/m0/s1. The van der Waals surface area contributed by atoms with Crippen LogP contribution < -0.4 is 14.8 Å². The Labute approximate surface area is 155 Å². The number of hydrogen-bond donors (Lipinski definition) is 1. The Morgan fingerprint density at radius 1 is 1.27 bits per heavy atom. The largest absolute Gasteiger partial charge is 0.454 e. The van der Waals surface area contributed by atoms with E-state index < -0.39 is 0 Å². The lowest BCUT2D eigenvalue weighted by molar-refractivity contribution is 0.0948. The smallest absolute Gasteiger partial charge is 0.251 e. The number of carbonyl (C=O) groups excluding carboxylic acids is 1. The maximum atomic E-state index is 12.6. The summed E-state index contributed by atoms with van der Waals surface area (Å²) in [4.78, 5) is 13.8. The summed E-state index contributed by atoms with van der Waals surface area (Å²) in [5, 5.41) is 9.66. The number of aromatic nitrogens is 2. The first-order chi connectivity index (χ1) is 12.6. The molecule has 1 atom stereocenters. The van der Waals surface area contributed by atoms with Gasteiger partial charge in [0.25, 0.3) is 5.91 Å². The van der Waals surface area contributed by atoms with Crippen LogP contribution in [0, 0.1) is 13.8 Å². The third-order valence-corrected chi connectivity index (χ3v) is 5.28. The number of ether oxygens (including phenoxy) is 2. The van der Waals surface area contributed by atoms with Crippen molar-refractivity contribution in [1.82, 2.24) is 15.1 Å². The molecule has 0 aliphatic carbocycles. The summed E-state index contributed by atoms with van der Waals surface area (Å²) < 4.78 is 12.6. The summed E-state index contributed by atoms with van der Waals surface area (Å²) in [6.45, 7) is 4.65. The van der Waals surface area contributed by atoms with Crippen LogP contribution in [0.25, 0.3) is 0 Å². The summed E-state index contributed by atoms with van der Waals surface area (Å²) in [6.07, 6.45) is 0. The average Bonchev–Trinajstić information content (AvgIpc) is 3.36. The number of carbonyl (C=O) groups is 1. The minimum Gasteiger partial charge on any atom is -0.454 e. The fourth-order valence-electron chi connectivity index (χ4n) is 3.08. The molecule has 0 saturated carbocycles. The lowest BCUT2D eigenvalue weighted by atomic mass is 10.1. The predicted molar refractivity (Wildman–Crippen MR) is 99.1 cm³/mol. The Morgan fingerprint density at radius 3 is 2.85 bits per heavy atom. The zero-order valence-electron chi connectivity index (χ0n) is 14.6. The minimum absolute atomic E-state index is 0.0401. The normalized spacial score (nSPS) is 13.6. The van der Waals surface area contributed by atoms with E-state index in [2.05, 4.69) is 16.5 Å². The van der Waals surface area contributed by atoms with Gasteiger partial charge in [-0.25, -0.2) is 0 Å². The summed E-state index contributed by atoms with van der Waals surface area (Å²) in [5.74, 6) is 1.12. The van der Waals surface area contributed by atoms with E-state index in [9.17, 15) is 4.79 Å². The number of amides is 1. The molecule has 0 bridgehead atoms. The number of benzene rings is 1. The van der Waals surface area contributed by atoms with Crippen molar-refractivity contribution in [2.24, 2.45) is 0 Å². The van der Waals surface area contributed by atoms with Gasteiger partial charge >= 0.3 is 0 Å². The van der Waals surface area contributed by atoms with Gasteiger partial charge < -0.3 is 14.8 Å². The van der Waals surface area contributed by atoms with Crippen LogP contribution in [0.2, 0.25) is 0 Å². The number of thiophene rings is 1. The summed E-state index contributed by atoms with van der Waals surface area (Å²) in [6, 6.07) is 11.3. The van der Waals surface area contributed by atoms with Gasteiger partial charge in [-0.1, -0.05) is 6.07 Å². The second-order valence-electron chi connectivity index (χ2n) is 6.18. The fourth-order valence-corrected chi connectivity index (χ4v) is 3.89. The van der Waals surface area contributed by atoms with Gasteiger partial charge in [0.15, 0.2) is 11.5 Å². The molecule has 1 aliphatic heterocycles. The van der Waals surface area contributed by atoms with Crippen LogP contribution >= 0.6 is 11.3 Å². The number of rotatable bonds is 5. The Bertz CT molecular complexity index is 934. The molecule has 4 rings (SSSR count). The quantitative estimate of drug-likeness (QED) is 0.749. The highest BCUT2D eigenvalue weighted by Crippen LogP contribution is 2.32. The van der Waals surface area contributed by atoms with Gasteiger partial charge in [-0.3, -0.25) is 9.48 Å². The number of fused-ring (bicyclic) bond motifs is 1. The van der Waals surface area contributed by atoms with Crippen LogP contribution in [-0.4, -0.2) is 29.0 Å². The van der Waals surface area contributed by atoms with Gasteiger partial charge in [-0.05, 0) is 49.6 Å². The summed E-state index contributed by atoms with van der Waals surface area (Å²) >= 11 is 1.66. The first-order valence-electron chi connectivity index (χ1n) is 8.36. The Morgan fingerprint density at radius 2 is 2.12 bits per heavy atom. The van der Waals surface area contributed by atoms with Crippen LogP contribution in [-0.2, 0) is 0 Å². The van der Waals surface area contributed by atoms with Crippen molar-refractivity contribution < 1.29 is 14.3 Å². The van der Waals surface area contributed by atoms with Crippen LogP contribution in [0.3, 0.4) is 0 Å². The van der Waals surface area contributed by atoms with Crippen LogP contribution in [0.1, 0.15) is 32.7 Å². The van der Waals surface area contributed by atoms with Gasteiger partial charge in [0.1, 0.15) is 6.04 Å². The Kier molecular flexibility index (Phi) is 4.38. The second-order valence-corrected chi connectivity index (χ2v) is 7.16. The van der Waals surface area contributed by atoms with Crippen molar-refractivity contribution in [3.63, 3.8) is 0 Å². The molecule has 0 spiro atoms. The summed E-state index contributed by atoms with van der Waals surface area (Å²) in [7, 11) is 0. The highest BCUT2D eigenvalue weighted by Gasteiger charge is 2.21. The van der Waals surface area contributed by atoms with Crippen molar-refractivity contribution in [2.45, 2.75) is 19.9 Å². The predicted octanol–water partition coefficient (Wildman–Crippen LogP) is 3.31. The molecule has 1 aliphatic rings. The van der Waals surface area contributed by atoms with E-state index in [1.807, 2.05) is 36.0 Å². The molecule has 1 amide bonds. The van der Waals surface area contributed by atoms with Crippen molar-refractivity contribution >= 4 is 17.2 Å². The topological polar surface area (TPSA) is 65.4 Å². The van der Waals surface area contributed by atoms with Gasteiger partial charge in [-0.2, -0.15) is 5.10 Å². The van der Waals surface area contributed by atoms with Crippen molar-refractivity contribution in [2.75, 3.05) is 13.3 Å². The molecule has 0 fully saturated rings. The molecule has 134 valence electrons. The number of hydrogen-bond acceptors (Lipinski definition) is 5. The van der Waals surface area contributed by atoms with E-state index in [1.165, 1.54) is 0 Å². The maximum absolute atomic E-state index is 12.6. The monoisotopic (exact) mass is 369 g/mol. The lowest BCUT2D eigenvalue weighted by Gasteiger charge is -2.19. The molecule has 0 radical (unpaired) electrons. The third-order valence-electron chi connectivity index (χ3n) is 4.30. The zero-order chi connectivity index (χ0) is 18.1. The van der Waals surface area contributed by atoms with Crippen LogP contribution in [0.15, 0.2) is 41.8 Å². The number of aryl methyl sites for hydroxylation is 2. The van der Waals surface area contributed by atoms with Crippen molar-refractivity contribution in [1.29, 1.82) is 0 Å². The first-order valence-corrected chi connectivity index (χ1v) is 9.24. The van der Waals surface area contributed by atoms with Crippen LogP contribution in [0.4, 0.5) is 0 Å². The molecule has 3 aromatic rings. The Balaban J connectivity index is 1.53. The second kappa shape index (κ2) is 6.84. The highest BCUT2D eigenvalue weighted by atomic mass is 32.1. The van der Waals surface area contributed by atoms with Gasteiger partial charge in [0.2, 0.25) is 6.79 Å². The molecule has 6 nitrogen and oxygen atoms in total. The van der Waals surface area contributed by atoms with E-state index in [-0.39, 0.29) is 18.7 Å². The first kappa shape index (κ1) is 16.7. The third kappa shape index (κ3) is 3.17. The number of nitrogens with one attached hydrogen (secondary N) is 1. The van der Waals surface area contributed by atoms with E-state index in [4.69, 9.17) is 9.47 Å². The molecule has 7 heteroatoms. The minimum atomic E-state index is -0.147. The molecule has 1 aromatic carbocycles. The van der Waals surface area contributed by atoms with Gasteiger partial charge in [0, 0.05) is 22.7 Å². The molecule has 0 unspecified atom stereocenters. The van der Waals surface area contributed by atoms with Crippen LogP contribution in [0.5, 0.6) is 11.5 Å². The summed E-state index contributed by atoms with van der Waals surface area (Å²) in [5.41, 5.74) is 2.58. The zero-order valence-corrected chi connectivity index (χ0v) is 15.4. The van der Waals surface area contributed by atoms with E-state index >= 15 is 0 Å². The van der Waals surface area contributed by atoms with E-state index in [1.54, 1.807) is 29.5 Å². The molecule has 0 saturated heterocycles.